The maximum absolute atomic E-state index is 12.3. The van der Waals surface area contributed by atoms with Crippen molar-refractivity contribution in [3.8, 4) is 0 Å². The maximum atomic E-state index is 12.3. The van der Waals surface area contributed by atoms with Gasteiger partial charge in [0.2, 0.25) is 5.91 Å². The third-order valence-corrected chi connectivity index (χ3v) is 6.42. The first kappa shape index (κ1) is 23.7. The number of hydrogen-bond acceptors (Lipinski definition) is 7. The number of carbonyl (C=O) groups is 2. The van der Waals surface area contributed by atoms with E-state index >= 15 is 0 Å². The zero-order valence-corrected chi connectivity index (χ0v) is 19.7. The summed E-state index contributed by atoms with van der Waals surface area (Å²) in [6.45, 7) is 0.0661. The number of benzene rings is 2. The van der Waals surface area contributed by atoms with Gasteiger partial charge in [-0.25, -0.2) is 0 Å². The van der Waals surface area contributed by atoms with Crippen LogP contribution in [0, 0.1) is 10.1 Å². The number of nitro benzene ring substituents is 1. The van der Waals surface area contributed by atoms with Gasteiger partial charge in [0.25, 0.3) is 11.6 Å². The van der Waals surface area contributed by atoms with Crippen molar-refractivity contribution in [2.24, 2.45) is 7.05 Å². The Hall–Kier alpha value is -2.96. The molecule has 0 radical (unpaired) electrons. The fourth-order valence-corrected chi connectivity index (χ4v) is 3.77. The molecule has 0 fully saturated rings. The predicted molar refractivity (Wildman–Crippen MR) is 124 cm³/mol. The lowest BCUT2D eigenvalue weighted by Gasteiger charge is -2.07. The lowest BCUT2D eigenvalue weighted by molar-refractivity contribution is -0.384. The highest BCUT2D eigenvalue weighted by atomic mass is 79.9. The highest BCUT2D eigenvalue weighted by Crippen LogP contribution is 2.26. The average molecular weight is 540 g/mol. The number of aromatic nitrogens is 3. The molecule has 10 nitrogen and oxygen atoms in total. The molecule has 0 saturated heterocycles. The summed E-state index contributed by atoms with van der Waals surface area (Å²) in [5, 5.41) is 25.4. The van der Waals surface area contributed by atoms with Crippen molar-refractivity contribution in [3.63, 3.8) is 0 Å². The molecular formula is C19H16BrClN6O4S. The number of amides is 2. The van der Waals surface area contributed by atoms with Crippen LogP contribution in [-0.2, 0) is 18.4 Å². The van der Waals surface area contributed by atoms with E-state index in [4.69, 9.17) is 11.6 Å². The van der Waals surface area contributed by atoms with Crippen molar-refractivity contribution >= 4 is 62.5 Å². The lowest BCUT2D eigenvalue weighted by atomic mass is 10.2. The molecular weight excluding hydrogens is 524 g/mol. The smallest absolute Gasteiger partial charge is 0.270 e. The number of carbonyl (C=O) groups excluding carboxylic acids is 2. The Labute approximate surface area is 200 Å². The van der Waals surface area contributed by atoms with Gasteiger partial charge in [0.1, 0.15) is 0 Å². The van der Waals surface area contributed by atoms with Gasteiger partial charge in [-0.1, -0.05) is 29.4 Å². The highest BCUT2D eigenvalue weighted by Gasteiger charge is 2.15. The summed E-state index contributed by atoms with van der Waals surface area (Å²) < 4.78 is 2.33. The Morgan fingerprint density at radius 1 is 1.25 bits per heavy atom. The molecule has 0 aliphatic rings. The van der Waals surface area contributed by atoms with Crippen molar-refractivity contribution in [1.82, 2.24) is 20.1 Å². The van der Waals surface area contributed by atoms with Gasteiger partial charge in [0.15, 0.2) is 11.0 Å². The van der Waals surface area contributed by atoms with E-state index in [9.17, 15) is 19.7 Å². The maximum Gasteiger partial charge on any atom is 0.270 e. The van der Waals surface area contributed by atoms with Crippen LogP contribution in [-0.4, -0.2) is 37.3 Å². The van der Waals surface area contributed by atoms with Crippen molar-refractivity contribution < 1.29 is 14.5 Å². The second kappa shape index (κ2) is 10.6. The molecule has 0 aliphatic heterocycles. The molecule has 2 N–H and O–H groups in total. The fourth-order valence-electron chi connectivity index (χ4n) is 2.55. The van der Waals surface area contributed by atoms with Crippen LogP contribution in [0.3, 0.4) is 0 Å². The number of thioether (sulfide) groups is 1. The SMILES string of the molecule is Cn1c(CNC(=O)c2cccc([N+](=O)[O-])c2)nnc1SCC(=O)Nc1ccc(Cl)c(Br)c1. The van der Waals surface area contributed by atoms with Crippen molar-refractivity contribution in [1.29, 1.82) is 0 Å². The van der Waals surface area contributed by atoms with Crippen LogP contribution >= 0.6 is 39.3 Å². The first-order valence-electron chi connectivity index (χ1n) is 9.03. The summed E-state index contributed by atoms with van der Waals surface area (Å²) in [7, 11) is 1.71. The summed E-state index contributed by atoms with van der Waals surface area (Å²) in [5.41, 5.74) is 0.607. The Morgan fingerprint density at radius 2 is 2.03 bits per heavy atom. The molecule has 1 aromatic heterocycles. The first-order valence-corrected chi connectivity index (χ1v) is 11.2. The molecule has 3 aromatic rings. The molecule has 0 spiro atoms. The number of hydrogen-bond donors (Lipinski definition) is 2. The van der Waals surface area contributed by atoms with Crippen LogP contribution < -0.4 is 10.6 Å². The highest BCUT2D eigenvalue weighted by molar-refractivity contribution is 9.10. The predicted octanol–water partition coefficient (Wildman–Crippen LogP) is 3.80. The fraction of sp³-hybridized carbons (Fsp3) is 0.158. The number of non-ortho nitro benzene ring substituents is 1. The van der Waals surface area contributed by atoms with Gasteiger partial charge in [-0.3, -0.25) is 19.7 Å². The molecule has 0 atom stereocenters. The molecule has 1 heterocycles. The van der Waals surface area contributed by atoms with E-state index in [1.165, 1.54) is 36.0 Å². The average Bonchev–Trinajstić information content (AvgIpc) is 3.12. The Morgan fingerprint density at radius 3 is 2.75 bits per heavy atom. The molecule has 2 aromatic carbocycles. The number of rotatable bonds is 8. The first-order chi connectivity index (χ1) is 15.2. The third kappa shape index (κ3) is 6.05. The van der Waals surface area contributed by atoms with Gasteiger partial charge < -0.3 is 15.2 Å². The van der Waals surface area contributed by atoms with Crippen LogP contribution in [0.5, 0.6) is 0 Å². The molecule has 0 aliphatic carbocycles. The van der Waals surface area contributed by atoms with Gasteiger partial charge in [0.05, 0.1) is 22.2 Å². The third-order valence-electron chi connectivity index (χ3n) is 4.19. The van der Waals surface area contributed by atoms with Gasteiger partial charge in [0, 0.05) is 34.9 Å². The minimum Gasteiger partial charge on any atom is -0.345 e. The largest absolute Gasteiger partial charge is 0.345 e. The van der Waals surface area contributed by atoms with E-state index in [0.29, 0.717) is 26.2 Å². The van der Waals surface area contributed by atoms with E-state index in [0.717, 1.165) is 0 Å². The summed E-state index contributed by atoms with van der Waals surface area (Å²) in [6.07, 6.45) is 0. The molecule has 2 amide bonds. The van der Waals surface area contributed by atoms with E-state index in [1.807, 2.05) is 0 Å². The second-order valence-corrected chi connectivity index (χ2v) is 8.62. The summed E-state index contributed by atoms with van der Waals surface area (Å²) in [6, 6.07) is 10.5. The van der Waals surface area contributed by atoms with Crippen LogP contribution in [0.2, 0.25) is 5.02 Å². The minimum absolute atomic E-state index is 0.0661. The van der Waals surface area contributed by atoms with E-state index in [1.54, 1.807) is 29.8 Å². The quantitative estimate of drug-likeness (QED) is 0.253. The summed E-state index contributed by atoms with van der Waals surface area (Å²) >= 11 is 10.4. The van der Waals surface area contributed by atoms with Crippen LogP contribution in [0.1, 0.15) is 16.2 Å². The number of nitrogens with one attached hydrogen (secondary N) is 2. The molecule has 0 unspecified atom stereocenters. The van der Waals surface area contributed by atoms with Gasteiger partial charge in [-0.05, 0) is 40.2 Å². The molecule has 13 heteroatoms. The standard InChI is InChI=1S/C19H16BrClN6O4S/c1-26-16(9-22-18(29)11-3-2-4-13(7-11)27(30)31)24-25-19(26)32-10-17(28)23-12-5-6-15(21)14(20)8-12/h2-8H,9-10H2,1H3,(H,22,29)(H,23,28). The second-order valence-electron chi connectivity index (χ2n) is 6.41. The zero-order valence-electron chi connectivity index (χ0n) is 16.5. The van der Waals surface area contributed by atoms with Crippen LogP contribution in [0.4, 0.5) is 11.4 Å². The van der Waals surface area contributed by atoms with E-state index < -0.39 is 10.8 Å². The van der Waals surface area contributed by atoms with Gasteiger partial charge >= 0.3 is 0 Å². The van der Waals surface area contributed by atoms with Gasteiger partial charge in [-0.15, -0.1) is 10.2 Å². The monoisotopic (exact) mass is 538 g/mol. The zero-order chi connectivity index (χ0) is 23.3. The molecule has 0 bridgehead atoms. The Balaban J connectivity index is 1.54. The molecule has 166 valence electrons. The Kier molecular flexibility index (Phi) is 7.83. The number of nitrogens with zero attached hydrogens (tertiary/aromatic N) is 4. The van der Waals surface area contributed by atoms with Crippen molar-refractivity contribution in [3.05, 3.63) is 73.5 Å². The summed E-state index contributed by atoms with van der Waals surface area (Å²) in [5.74, 6) is -0.132. The summed E-state index contributed by atoms with van der Waals surface area (Å²) in [4.78, 5) is 34.8. The molecule has 3 rings (SSSR count). The van der Waals surface area contributed by atoms with Crippen molar-refractivity contribution in [2.75, 3.05) is 11.1 Å². The minimum atomic E-state index is -0.565. The van der Waals surface area contributed by atoms with Gasteiger partial charge in [-0.2, -0.15) is 0 Å². The molecule has 0 saturated carbocycles. The number of nitro groups is 1. The lowest BCUT2D eigenvalue weighted by Crippen LogP contribution is -2.24. The number of halogens is 2. The number of anilines is 1. The Bertz CT molecular complexity index is 1190. The topological polar surface area (TPSA) is 132 Å². The van der Waals surface area contributed by atoms with Crippen LogP contribution in [0.25, 0.3) is 0 Å². The van der Waals surface area contributed by atoms with E-state index in [-0.39, 0.29) is 29.5 Å². The van der Waals surface area contributed by atoms with E-state index in [2.05, 4.69) is 36.8 Å². The van der Waals surface area contributed by atoms with Crippen LogP contribution in [0.15, 0.2) is 52.1 Å². The van der Waals surface area contributed by atoms with Crippen molar-refractivity contribution in [2.45, 2.75) is 11.7 Å². The normalized spacial score (nSPS) is 10.6. The molecule has 32 heavy (non-hydrogen) atoms.